The number of rotatable bonds is 0. The van der Waals surface area contributed by atoms with E-state index in [1.165, 1.54) is 0 Å². The number of nitrogens with zero attached hydrogens (tertiary/aromatic N) is 2. The summed E-state index contributed by atoms with van der Waals surface area (Å²) in [4.78, 5) is 0. The second-order valence-corrected chi connectivity index (χ2v) is 6.72. The number of allylic oxidation sites excluding steroid dienone is 5. The molecule has 0 saturated carbocycles. The molecule has 3 nitrogen and oxygen atoms in total. The molecule has 0 aromatic heterocycles. The van der Waals surface area contributed by atoms with Gasteiger partial charge in [-0.2, -0.15) is 10.5 Å². The van der Waals surface area contributed by atoms with Crippen molar-refractivity contribution in [3.63, 3.8) is 0 Å². The third-order valence-electron chi connectivity index (χ3n) is 5.63. The van der Waals surface area contributed by atoms with Crippen molar-refractivity contribution in [3.05, 3.63) is 107 Å². The molecule has 26 heavy (non-hydrogen) atoms. The first-order valence-electron chi connectivity index (χ1n) is 8.54. The topological polar surface area (TPSA) is 56.8 Å². The number of hydrogen-bond acceptors (Lipinski definition) is 3. The molecule has 0 amide bonds. The van der Waals surface area contributed by atoms with Gasteiger partial charge in [0.25, 0.3) is 0 Å². The van der Waals surface area contributed by atoms with Gasteiger partial charge in [-0.25, -0.2) is 0 Å². The lowest BCUT2D eigenvalue weighted by molar-refractivity contribution is 0.0794. The number of hydrogen-bond donors (Lipinski definition) is 0. The van der Waals surface area contributed by atoms with Crippen LogP contribution in [0.4, 0.5) is 0 Å². The van der Waals surface area contributed by atoms with E-state index in [4.69, 9.17) is 4.74 Å². The zero-order chi connectivity index (χ0) is 17.8. The summed E-state index contributed by atoms with van der Waals surface area (Å²) in [5.41, 5.74) is 1.03. The van der Waals surface area contributed by atoms with Crippen molar-refractivity contribution in [2.24, 2.45) is 5.92 Å². The molecule has 0 N–H and O–H groups in total. The molecule has 0 saturated heterocycles. The summed E-state index contributed by atoms with van der Waals surface area (Å²) >= 11 is 0. The van der Waals surface area contributed by atoms with Crippen LogP contribution in [0.25, 0.3) is 0 Å². The molecule has 122 valence electrons. The quantitative estimate of drug-likeness (QED) is 0.724. The lowest BCUT2D eigenvalue weighted by Gasteiger charge is -2.39. The molecule has 0 spiro atoms. The minimum atomic E-state index is -1.25. The monoisotopic (exact) mass is 334 g/mol. The molecule has 0 radical (unpaired) electrons. The van der Waals surface area contributed by atoms with E-state index in [0.717, 1.165) is 22.3 Å². The fourth-order valence-electron chi connectivity index (χ4n) is 4.56. The highest BCUT2D eigenvalue weighted by Crippen LogP contribution is 2.59. The van der Waals surface area contributed by atoms with Gasteiger partial charge < -0.3 is 4.74 Å². The Morgan fingerprint density at radius 2 is 1.38 bits per heavy atom. The van der Waals surface area contributed by atoms with Gasteiger partial charge in [-0.3, -0.25) is 0 Å². The maximum absolute atomic E-state index is 10.5. The first-order valence-corrected chi connectivity index (χ1v) is 8.54. The van der Waals surface area contributed by atoms with E-state index in [9.17, 15) is 10.5 Å². The highest BCUT2D eigenvalue weighted by molar-refractivity contribution is 5.68. The molecule has 3 heteroatoms. The third-order valence-corrected chi connectivity index (χ3v) is 5.63. The van der Waals surface area contributed by atoms with E-state index in [-0.39, 0.29) is 5.92 Å². The highest BCUT2D eigenvalue weighted by atomic mass is 16.5. The molecule has 6 rings (SSSR count). The molecule has 2 aliphatic carbocycles. The maximum atomic E-state index is 10.5. The molecule has 0 unspecified atom stereocenters. The first-order chi connectivity index (χ1) is 12.8. The van der Waals surface area contributed by atoms with E-state index < -0.39 is 11.0 Å². The van der Waals surface area contributed by atoms with Gasteiger partial charge in [0, 0.05) is 11.1 Å². The Bertz CT molecular complexity index is 1060. The number of benzene rings is 2. The molecule has 2 aromatic carbocycles. The molecule has 2 aromatic rings. The van der Waals surface area contributed by atoms with Crippen LogP contribution >= 0.6 is 0 Å². The average Bonchev–Trinajstić information content (AvgIpc) is 3.02. The number of nitriles is 2. The second kappa shape index (κ2) is 4.97. The lowest BCUT2D eigenvalue weighted by atomic mass is 9.58. The van der Waals surface area contributed by atoms with Gasteiger partial charge in [-0.1, -0.05) is 72.8 Å². The average molecular weight is 334 g/mol. The molecule has 2 aliphatic heterocycles. The Hall–Kier alpha value is -3.56. The van der Waals surface area contributed by atoms with Crippen LogP contribution in [-0.4, -0.2) is 0 Å². The summed E-state index contributed by atoms with van der Waals surface area (Å²) in [6.45, 7) is 0. The predicted molar refractivity (Wildman–Crippen MR) is 96.6 cm³/mol. The Morgan fingerprint density at radius 1 is 0.769 bits per heavy atom. The standard InChI is InChI=1S/C23H14N2O/c24-14-22-16-8-4-6-10-18(16)23(15-25,19-11-7-5-9-17(19)22)26-21-13-3-1-2-12-20(21)22/h1-13,20H/t20-,22?,23?/m0/s1. The summed E-state index contributed by atoms with van der Waals surface area (Å²) in [5, 5.41) is 20.8. The molecular formula is C23H14N2O. The van der Waals surface area contributed by atoms with Gasteiger partial charge in [0.15, 0.2) is 0 Å². The van der Waals surface area contributed by atoms with Gasteiger partial charge in [0.2, 0.25) is 5.60 Å². The fraction of sp³-hybridized carbons (Fsp3) is 0.130. The van der Waals surface area contributed by atoms with Crippen molar-refractivity contribution in [3.8, 4) is 12.1 Å². The molecule has 2 heterocycles. The van der Waals surface area contributed by atoms with E-state index in [2.05, 4.69) is 12.1 Å². The van der Waals surface area contributed by atoms with Crippen LogP contribution in [0.3, 0.4) is 0 Å². The zero-order valence-corrected chi connectivity index (χ0v) is 13.9. The first kappa shape index (κ1) is 14.8. The normalized spacial score (nSPS) is 29.6. The van der Waals surface area contributed by atoms with Crippen molar-refractivity contribution in [2.45, 2.75) is 11.0 Å². The second-order valence-electron chi connectivity index (χ2n) is 6.72. The van der Waals surface area contributed by atoms with Crippen LogP contribution < -0.4 is 0 Å². The minimum Gasteiger partial charge on any atom is -0.468 e. The van der Waals surface area contributed by atoms with E-state index in [1.54, 1.807) is 0 Å². The lowest BCUT2D eigenvalue weighted by Crippen LogP contribution is -2.41. The van der Waals surface area contributed by atoms with E-state index in [1.807, 2.05) is 78.9 Å². The van der Waals surface area contributed by atoms with Crippen LogP contribution in [0.15, 0.2) is 84.7 Å². The van der Waals surface area contributed by atoms with Gasteiger partial charge in [0.1, 0.15) is 17.2 Å². The van der Waals surface area contributed by atoms with E-state index >= 15 is 0 Å². The van der Waals surface area contributed by atoms with Crippen molar-refractivity contribution in [1.82, 2.24) is 0 Å². The largest absolute Gasteiger partial charge is 0.468 e. The number of ether oxygens (including phenoxy) is 1. The third kappa shape index (κ3) is 1.51. The van der Waals surface area contributed by atoms with Crippen LogP contribution in [0.2, 0.25) is 0 Å². The van der Waals surface area contributed by atoms with Crippen molar-refractivity contribution < 1.29 is 4.74 Å². The molecular weight excluding hydrogens is 320 g/mol. The van der Waals surface area contributed by atoms with Crippen LogP contribution in [-0.2, 0) is 15.8 Å². The summed E-state index contributed by atoms with van der Waals surface area (Å²) in [6, 6.07) is 20.4. The van der Waals surface area contributed by atoms with Crippen LogP contribution in [0.5, 0.6) is 0 Å². The Kier molecular flexibility index (Phi) is 2.82. The Morgan fingerprint density at radius 3 is 1.96 bits per heavy atom. The fourth-order valence-corrected chi connectivity index (χ4v) is 4.56. The highest BCUT2D eigenvalue weighted by Gasteiger charge is 2.60. The molecule has 0 fully saturated rings. The summed E-state index contributed by atoms with van der Waals surface area (Å²) in [7, 11) is 0. The SMILES string of the molecule is N#CC12OC3=CC=CC=C[C@@H]3C(C#N)(c3ccccc31)c1ccccc12. The van der Waals surface area contributed by atoms with Gasteiger partial charge in [-0.15, -0.1) is 0 Å². The summed E-state index contributed by atoms with van der Waals surface area (Å²) in [6.07, 6.45) is 9.63. The van der Waals surface area contributed by atoms with Gasteiger partial charge >= 0.3 is 0 Å². The predicted octanol–water partition coefficient (Wildman–Crippen LogP) is 4.23. The Balaban J connectivity index is 2.03. The van der Waals surface area contributed by atoms with Crippen LogP contribution in [0.1, 0.15) is 22.3 Å². The zero-order valence-electron chi connectivity index (χ0n) is 13.9. The Labute approximate surface area is 151 Å². The molecule has 4 aliphatic rings. The smallest absolute Gasteiger partial charge is 0.245 e. The molecule has 1 atom stereocenters. The van der Waals surface area contributed by atoms with Crippen molar-refractivity contribution >= 4 is 0 Å². The van der Waals surface area contributed by atoms with Crippen molar-refractivity contribution in [2.75, 3.05) is 0 Å². The van der Waals surface area contributed by atoms with Crippen LogP contribution in [0, 0.1) is 28.6 Å². The summed E-state index contributed by atoms with van der Waals surface area (Å²) < 4.78 is 6.45. The minimum absolute atomic E-state index is 0.303. The van der Waals surface area contributed by atoms with E-state index in [0.29, 0.717) is 5.76 Å². The summed E-state index contributed by atoms with van der Waals surface area (Å²) in [5.74, 6) is 0.341. The van der Waals surface area contributed by atoms with Gasteiger partial charge in [0.05, 0.1) is 12.0 Å². The van der Waals surface area contributed by atoms with Gasteiger partial charge in [-0.05, 0) is 17.2 Å². The van der Waals surface area contributed by atoms with Crippen molar-refractivity contribution in [1.29, 1.82) is 10.5 Å². The maximum Gasteiger partial charge on any atom is 0.245 e. The molecule has 2 bridgehead atoms.